The van der Waals surface area contributed by atoms with Crippen LogP contribution in [-0.4, -0.2) is 6.03 Å². The second kappa shape index (κ2) is 2.55. The quantitative estimate of drug-likeness (QED) is 0.487. The van der Waals surface area contributed by atoms with Crippen LogP contribution in [0.4, 0.5) is 4.79 Å². The van der Waals surface area contributed by atoms with E-state index in [-0.39, 0.29) is 6.03 Å². The Morgan fingerprint density at radius 2 is 2.33 bits per heavy atom. The van der Waals surface area contributed by atoms with E-state index in [1.807, 2.05) is 0 Å². The normalized spacial score (nSPS) is 17.4. The second-order valence-electron chi connectivity index (χ2n) is 1.47. The minimum atomic E-state index is -0.315. The highest BCUT2D eigenvalue weighted by Gasteiger charge is 1.99. The Morgan fingerprint density at radius 3 is 3.11 bits per heavy atom. The van der Waals surface area contributed by atoms with E-state index >= 15 is 0 Å². The van der Waals surface area contributed by atoms with Crippen molar-refractivity contribution < 1.29 is 4.79 Å². The second-order valence-corrected chi connectivity index (χ2v) is 1.88. The Hall–Kier alpha value is -0.960. The van der Waals surface area contributed by atoms with Crippen LogP contribution >= 0.6 is 11.6 Å². The lowest BCUT2D eigenvalue weighted by Gasteiger charge is -1.96. The van der Waals surface area contributed by atoms with Gasteiger partial charge in [-0.25, -0.2) is 4.79 Å². The molecule has 0 unspecified atom stereocenters. The first-order chi connectivity index (χ1) is 4.29. The third-order valence-electron chi connectivity index (χ3n) is 0.786. The molecule has 0 aliphatic carbocycles. The fourth-order valence-electron chi connectivity index (χ4n) is 0.443. The predicted octanol–water partition coefficient (Wildman–Crippen LogP) is 0.893. The summed E-state index contributed by atoms with van der Waals surface area (Å²) in [5.74, 6) is 0. The molecule has 1 aliphatic heterocycles. The first kappa shape index (κ1) is 6.16. The molecule has 2 amide bonds. The zero-order valence-corrected chi connectivity index (χ0v) is 5.27. The molecule has 0 radical (unpaired) electrons. The summed E-state index contributed by atoms with van der Waals surface area (Å²) in [7, 11) is 0. The van der Waals surface area contributed by atoms with Crippen LogP contribution in [0.5, 0.6) is 0 Å². The molecule has 0 fully saturated rings. The first-order valence-electron chi connectivity index (χ1n) is 2.39. The lowest BCUT2D eigenvalue weighted by atomic mass is 10.6. The van der Waals surface area contributed by atoms with Crippen molar-refractivity contribution in [3.8, 4) is 0 Å². The summed E-state index contributed by atoms with van der Waals surface area (Å²) in [4.78, 5) is 10.5. The van der Waals surface area contributed by atoms with E-state index in [2.05, 4.69) is 10.6 Å². The van der Waals surface area contributed by atoms with Gasteiger partial charge in [-0.3, -0.25) is 5.32 Å². The molecule has 0 saturated heterocycles. The van der Waals surface area contributed by atoms with Gasteiger partial charge < -0.3 is 5.32 Å². The smallest absolute Gasteiger partial charge is 0.314 e. The average Bonchev–Trinajstić information content (AvgIpc) is 1.93. The summed E-state index contributed by atoms with van der Waals surface area (Å²) in [5.41, 5.74) is 0. The molecule has 0 aromatic carbocycles. The van der Waals surface area contributed by atoms with Gasteiger partial charge in [0.15, 0.2) is 0 Å². The van der Waals surface area contributed by atoms with Crippen LogP contribution < -0.4 is 10.6 Å². The number of amides is 2. The Kier molecular flexibility index (Phi) is 1.75. The van der Waals surface area contributed by atoms with E-state index in [4.69, 9.17) is 11.6 Å². The highest BCUT2D eigenvalue weighted by molar-refractivity contribution is 6.30. The van der Waals surface area contributed by atoms with E-state index in [9.17, 15) is 4.79 Å². The molecule has 9 heavy (non-hydrogen) atoms. The van der Waals surface area contributed by atoms with Crippen LogP contribution in [0, 0.1) is 0 Å². The molecule has 2 N–H and O–H groups in total. The van der Waals surface area contributed by atoms with Gasteiger partial charge in [-0.15, -0.1) is 0 Å². The topological polar surface area (TPSA) is 41.1 Å². The molecule has 0 bridgehead atoms. The van der Waals surface area contributed by atoms with Crippen LogP contribution in [0.15, 0.2) is 23.5 Å². The van der Waals surface area contributed by atoms with Gasteiger partial charge in [0.25, 0.3) is 0 Å². The molecule has 48 valence electrons. The van der Waals surface area contributed by atoms with Crippen LogP contribution in [0.2, 0.25) is 0 Å². The molecule has 0 atom stereocenters. The first-order valence-corrected chi connectivity index (χ1v) is 2.77. The van der Waals surface area contributed by atoms with E-state index in [1.54, 1.807) is 12.2 Å². The number of hydrogen-bond acceptors (Lipinski definition) is 1. The zero-order valence-electron chi connectivity index (χ0n) is 4.52. The molecule has 1 heterocycles. The summed E-state index contributed by atoms with van der Waals surface area (Å²) in [6, 6.07) is -0.315. The van der Waals surface area contributed by atoms with Crippen molar-refractivity contribution in [3.63, 3.8) is 0 Å². The monoisotopic (exact) mass is 144 g/mol. The van der Waals surface area contributed by atoms with Crippen molar-refractivity contribution in [1.29, 1.82) is 0 Å². The number of rotatable bonds is 0. The van der Waals surface area contributed by atoms with Gasteiger partial charge in [0, 0.05) is 6.20 Å². The maximum Gasteiger partial charge on any atom is 0.323 e. The average molecular weight is 145 g/mol. The number of nitrogens with one attached hydrogen (secondary N) is 2. The van der Waals surface area contributed by atoms with Crippen LogP contribution in [0.25, 0.3) is 0 Å². The Bertz CT molecular complexity index is 185. The fourth-order valence-corrected chi connectivity index (χ4v) is 0.601. The Morgan fingerprint density at radius 1 is 1.56 bits per heavy atom. The van der Waals surface area contributed by atoms with Crippen molar-refractivity contribution in [2.75, 3.05) is 0 Å². The van der Waals surface area contributed by atoms with Crippen LogP contribution in [0.3, 0.4) is 0 Å². The molecular formula is C5H5ClN2O. The van der Waals surface area contributed by atoms with Crippen LogP contribution in [-0.2, 0) is 0 Å². The van der Waals surface area contributed by atoms with Gasteiger partial charge in [-0.05, 0) is 12.2 Å². The maximum atomic E-state index is 10.5. The minimum absolute atomic E-state index is 0.315. The standard InChI is InChI=1S/C5H5ClN2O/c6-4-2-1-3-7-5(9)8-4/h1-3H,(H2,7,8,9). The van der Waals surface area contributed by atoms with Gasteiger partial charge in [-0.2, -0.15) is 0 Å². The number of carbonyl (C=O) groups excluding carboxylic acids is 1. The third kappa shape index (κ3) is 1.77. The number of hydrogen-bond donors (Lipinski definition) is 2. The molecule has 0 aromatic heterocycles. The van der Waals surface area contributed by atoms with Gasteiger partial charge in [-0.1, -0.05) is 11.6 Å². The van der Waals surface area contributed by atoms with E-state index in [0.29, 0.717) is 5.16 Å². The maximum absolute atomic E-state index is 10.5. The van der Waals surface area contributed by atoms with Gasteiger partial charge in [0.05, 0.1) is 0 Å². The highest BCUT2D eigenvalue weighted by atomic mass is 35.5. The molecule has 0 spiro atoms. The largest absolute Gasteiger partial charge is 0.323 e. The van der Waals surface area contributed by atoms with Crippen molar-refractivity contribution in [1.82, 2.24) is 10.6 Å². The molecule has 1 aliphatic rings. The lowest BCUT2D eigenvalue weighted by molar-refractivity contribution is 0.247. The number of carbonyl (C=O) groups is 1. The summed E-state index contributed by atoms with van der Waals surface area (Å²) in [6.07, 6.45) is 4.73. The lowest BCUT2D eigenvalue weighted by Crippen LogP contribution is -2.28. The number of urea groups is 1. The predicted molar refractivity (Wildman–Crippen MR) is 34.7 cm³/mol. The van der Waals surface area contributed by atoms with Crippen LogP contribution in [0.1, 0.15) is 0 Å². The van der Waals surface area contributed by atoms with E-state index < -0.39 is 0 Å². The Labute approximate surface area is 57.4 Å². The molecule has 3 nitrogen and oxygen atoms in total. The highest BCUT2D eigenvalue weighted by Crippen LogP contribution is 1.97. The van der Waals surface area contributed by atoms with Crippen molar-refractivity contribution in [3.05, 3.63) is 23.5 Å². The fraction of sp³-hybridized carbons (Fsp3) is 0. The van der Waals surface area contributed by atoms with Gasteiger partial charge in [0.1, 0.15) is 5.16 Å². The van der Waals surface area contributed by atoms with Gasteiger partial charge >= 0.3 is 6.03 Å². The number of allylic oxidation sites excluding steroid dienone is 2. The molecule has 4 heteroatoms. The van der Waals surface area contributed by atoms with Crippen molar-refractivity contribution in [2.45, 2.75) is 0 Å². The SMILES string of the molecule is O=C1NC=CC=C(Cl)N1. The molecule has 1 rings (SSSR count). The summed E-state index contributed by atoms with van der Waals surface area (Å²) < 4.78 is 0. The molecule has 0 aromatic rings. The summed E-state index contributed by atoms with van der Waals surface area (Å²) >= 11 is 5.45. The van der Waals surface area contributed by atoms with Crippen molar-refractivity contribution >= 4 is 17.6 Å². The van der Waals surface area contributed by atoms with Gasteiger partial charge in [0.2, 0.25) is 0 Å². The molecular weight excluding hydrogens is 140 g/mol. The zero-order chi connectivity index (χ0) is 6.69. The van der Waals surface area contributed by atoms with Crippen molar-refractivity contribution in [2.24, 2.45) is 0 Å². The summed E-state index contributed by atoms with van der Waals surface area (Å²) in [5, 5.41) is 5.08. The third-order valence-corrected chi connectivity index (χ3v) is 1.01. The van der Waals surface area contributed by atoms with E-state index in [1.165, 1.54) is 6.20 Å². The minimum Gasteiger partial charge on any atom is -0.314 e. The molecule has 0 saturated carbocycles. The Balaban J connectivity index is 2.69. The van der Waals surface area contributed by atoms with E-state index in [0.717, 1.165) is 0 Å². The number of halogens is 1. The summed E-state index contributed by atoms with van der Waals surface area (Å²) in [6.45, 7) is 0.